The molecule has 9 heteroatoms. The number of anilines is 1. The number of sulfonamides is 1. The summed E-state index contributed by atoms with van der Waals surface area (Å²) in [6, 6.07) is 13.9. The van der Waals surface area contributed by atoms with E-state index in [1.165, 1.54) is 16.3 Å². The second-order valence-electron chi connectivity index (χ2n) is 8.11. The Kier molecular flexibility index (Phi) is 10.4. The fourth-order valence-corrected chi connectivity index (χ4v) is 4.96. The van der Waals surface area contributed by atoms with Crippen molar-refractivity contribution in [2.75, 3.05) is 24.2 Å². The molecular weight excluding hydrogens is 474 g/mol. The van der Waals surface area contributed by atoms with Crippen molar-refractivity contribution in [3.63, 3.8) is 0 Å². The maximum absolute atomic E-state index is 13.3. The van der Waals surface area contributed by atoms with E-state index in [1.807, 2.05) is 38.1 Å². The highest BCUT2D eigenvalue weighted by Crippen LogP contribution is 2.22. The summed E-state index contributed by atoms with van der Waals surface area (Å²) in [7, 11) is -1.98. The maximum Gasteiger partial charge on any atom is 0.242 e. The van der Waals surface area contributed by atoms with Gasteiger partial charge < -0.3 is 10.2 Å². The van der Waals surface area contributed by atoms with Gasteiger partial charge in [0.25, 0.3) is 0 Å². The summed E-state index contributed by atoms with van der Waals surface area (Å²) in [6.07, 6.45) is 2.86. The molecule has 0 fully saturated rings. The van der Waals surface area contributed by atoms with E-state index >= 15 is 0 Å². The highest BCUT2D eigenvalue weighted by Gasteiger charge is 2.28. The van der Waals surface area contributed by atoms with Crippen LogP contribution in [0.4, 0.5) is 5.69 Å². The van der Waals surface area contributed by atoms with Gasteiger partial charge in [-0.15, -0.1) is 0 Å². The zero-order chi connectivity index (χ0) is 25.3. The first kappa shape index (κ1) is 27.7. The van der Waals surface area contributed by atoms with Crippen LogP contribution in [0.15, 0.2) is 48.5 Å². The number of likely N-dealkylation sites (N-methyl/N-ethyl adjacent to an activating group) is 1. The highest BCUT2D eigenvalue weighted by atomic mass is 35.5. The van der Waals surface area contributed by atoms with Crippen molar-refractivity contribution >= 4 is 39.1 Å². The number of amides is 2. The second kappa shape index (κ2) is 12.8. The smallest absolute Gasteiger partial charge is 0.242 e. The van der Waals surface area contributed by atoms with E-state index in [0.717, 1.165) is 23.8 Å². The van der Waals surface area contributed by atoms with Gasteiger partial charge in [-0.1, -0.05) is 55.8 Å². The van der Waals surface area contributed by atoms with Gasteiger partial charge in [-0.05, 0) is 48.6 Å². The molecule has 0 spiro atoms. The number of hydrogen-bond donors (Lipinski definition) is 1. The molecule has 0 bridgehead atoms. The minimum absolute atomic E-state index is 0.0943. The van der Waals surface area contributed by atoms with Crippen molar-refractivity contribution in [2.45, 2.75) is 52.1 Å². The van der Waals surface area contributed by atoms with Crippen LogP contribution in [-0.2, 0) is 32.6 Å². The van der Waals surface area contributed by atoms with Crippen LogP contribution in [0.3, 0.4) is 0 Å². The van der Waals surface area contributed by atoms with E-state index in [9.17, 15) is 18.0 Å². The van der Waals surface area contributed by atoms with Gasteiger partial charge in [0.15, 0.2) is 0 Å². The van der Waals surface area contributed by atoms with Crippen molar-refractivity contribution in [1.82, 2.24) is 10.2 Å². The summed E-state index contributed by atoms with van der Waals surface area (Å²) >= 11 is 6.31. The molecule has 2 rings (SSSR count). The monoisotopic (exact) mass is 507 g/mol. The van der Waals surface area contributed by atoms with Crippen LogP contribution in [0, 0.1) is 0 Å². The number of aryl methyl sites for hydroxylation is 1. The molecule has 0 aliphatic heterocycles. The van der Waals surface area contributed by atoms with E-state index in [-0.39, 0.29) is 31.3 Å². The second-order valence-corrected chi connectivity index (χ2v) is 10.4. The Morgan fingerprint density at radius 3 is 2.24 bits per heavy atom. The first-order valence-electron chi connectivity index (χ1n) is 11.4. The number of hydrogen-bond acceptors (Lipinski definition) is 4. The summed E-state index contributed by atoms with van der Waals surface area (Å²) in [6.45, 7) is 4.23. The highest BCUT2D eigenvalue weighted by molar-refractivity contribution is 7.92. The molecule has 1 unspecified atom stereocenters. The van der Waals surface area contributed by atoms with Crippen LogP contribution in [0.25, 0.3) is 0 Å². The van der Waals surface area contributed by atoms with Gasteiger partial charge in [-0.2, -0.15) is 0 Å². The molecule has 2 aromatic carbocycles. The Labute approximate surface area is 208 Å². The summed E-state index contributed by atoms with van der Waals surface area (Å²) in [5.41, 5.74) is 2.42. The zero-order valence-corrected chi connectivity index (χ0v) is 21.8. The van der Waals surface area contributed by atoms with Crippen LogP contribution in [0.1, 0.15) is 44.2 Å². The molecule has 186 valence electrons. The average Bonchev–Trinajstić information content (AvgIpc) is 2.81. The average molecular weight is 508 g/mol. The van der Waals surface area contributed by atoms with E-state index in [0.29, 0.717) is 23.6 Å². The fraction of sp³-hybridized carbons (Fsp3) is 0.440. The lowest BCUT2D eigenvalue weighted by Gasteiger charge is -2.31. The molecule has 7 nitrogen and oxygen atoms in total. The van der Waals surface area contributed by atoms with Crippen LogP contribution in [0.5, 0.6) is 0 Å². The van der Waals surface area contributed by atoms with Crippen LogP contribution < -0.4 is 9.62 Å². The van der Waals surface area contributed by atoms with Crippen molar-refractivity contribution in [2.24, 2.45) is 0 Å². The van der Waals surface area contributed by atoms with E-state index in [4.69, 9.17) is 11.6 Å². The maximum atomic E-state index is 13.3. The first-order chi connectivity index (χ1) is 16.1. The third-order valence-electron chi connectivity index (χ3n) is 5.72. The summed E-state index contributed by atoms with van der Waals surface area (Å²) in [4.78, 5) is 27.3. The third-order valence-corrected chi connectivity index (χ3v) is 7.28. The van der Waals surface area contributed by atoms with Crippen LogP contribution in [-0.4, -0.2) is 51.0 Å². The summed E-state index contributed by atoms with van der Waals surface area (Å²) < 4.78 is 26.2. The molecule has 0 saturated heterocycles. The predicted molar refractivity (Wildman–Crippen MR) is 137 cm³/mol. The molecule has 1 N–H and O–H groups in total. The van der Waals surface area contributed by atoms with E-state index < -0.39 is 16.1 Å². The number of nitrogens with zero attached hydrogens (tertiary/aromatic N) is 2. The minimum Gasteiger partial charge on any atom is -0.357 e. The Balaban J connectivity index is 2.19. The molecule has 0 radical (unpaired) electrons. The van der Waals surface area contributed by atoms with Gasteiger partial charge in [-0.3, -0.25) is 13.9 Å². The van der Waals surface area contributed by atoms with Crippen LogP contribution in [0.2, 0.25) is 5.02 Å². The Morgan fingerprint density at radius 2 is 1.71 bits per heavy atom. The predicted octanol–water partition coefficient (Wildman–Crippen LogP) is 4.00. The zero-order valence-electron chi connectivity index (χ0n) is 20.3. The standard InChI is InChI=1S/C25H34ClN3O4S/c1-5-19-13-15-21(16-14-19)29(34(4,32)33)17-9-12-24(30)28(23(6-2)25(31)27-3)18-20-10-7-8-11-22(20)26/h7-8,10-11,13-16,23H,5-6,9,12,17-18H2,1-4H3,(H,27,31). The number of benzene rings is 2. The first-order valence-corrected chi connectivity index (χ1v) is 13.7. The Bertz CT molecular complexity index is 1070. The molecule has 0 saturated carbocycles. The quantitative estimate of drug-likeness (QED) is 0.470. The van der Waals surface area contributed by atoms with E-state index in [2.05, 4.69) is 5.32 Å². The molecule has 0 aliphatic carbocycles. The number of carbonyl (C=O) groups excluding carboxylic acids is 2. The molecule has 0 heterocycles. The van der Waals surface area contributed by atoms with Crippen molar-refractivity contribution in [3.8, 4) is 0 Å². The summed E-state index contributed by atoms with van der Waals surface area (Å²) in [5.74, 6) is -0.484. The lowest BCUT2D eigenvalue weighted by atomic mass is 10.1. The van der Waals surface area contributed by atoms with Gasteiger partial charge in [0.05, 0.1) is 11.9 Å². The van der Waals surface area contributed by atoms with Crippen molar-refractivity contribution in [1.29, 1.82) is 0 Å². The number of carbonyl (C=O) groups is 2. The lowest BCUT2D eigenvalue weighted by molar-refractivity contribution is -0.141. The Hall–Kier alpha value is -2.58. The van der Waals surface area contributed by atoms with Crippen molar-refractivity contribution in [3.05, 3.63) is 64.7 Å². The van der Waals surface area contributed by atoms with Gasteiger partial charge >= 0.3 is 0 Å². The van der Waals surface area contributed by atoms with Crippen LogP contribution >= 0.6 is 11.6 Å². The van der Waals surface area contributed by atoms with Gasteiger partial charge in [0.1, 0.15) is 6.04 Å². The third kappa shape index (κ3) is 7.46. The molecule has 0 aliphatic rings. The van der Waals surface area contributed by atoms with Crippen molar-refractivity contribution < 1.29 is 18.0 Å². The summed E-state index contributed by atoms with van der Waals surface area (Å²) in [5, 5.41) is 3.14. The topological polar surface area (TPSA) is 86.8 Å². The normalized spacial score (nSPS) is 12.1. The number of halogens is 1. The molecule has 1 atom stereocenters. The largest absolute Gasteiger partial charge is 0.357 e. The Morgan fingerprint density at radius 1 is 1.06 bits per heavy atom. The SMILES string of the molecule is CCc1ccc(N(CCCC(=O)N(Cc2ccccc2Cl)C(CC)C(=O)NC)S(C)(=O)=O)cc1. The molecule has 2 aromatic rings. The van der Waals surface area contributed by atoms with Gasteiger partial charge in [-0.25, -0.2) is 8.42 Å². The number of nitrogens with one attached hydrogen (secondary N) is 1. The molecule has 0 aromatic heterocycles. The molecule has 34 heavy (non-hydrogen) atoms. The van der Waals surface area contributed by atoms with Gasteiger partial charge in [0.2, 0.25) is 21.8 Å². The molecular formula is C25H34ClN3O4S. The lowest BCUT2D eigenvalue weighted by Crippen LogP contribution is -2.48. The van der Waals surface area contributed by atoms with E-state index in [1.54, 1.807) is 24.3 Å². The van der Waals surface area contributed by atoms with Gasteiger partial charge in [0, 0.05) is 31.6 Å². The number of rotatable bonds is 12. The minimum atomic E-state index is -3.52. The molecule has 2 amide bonds. The fourth-order valence-electron chi connectivity index (χ4n) is 3.80.